The van der Waals surface area contributed by atoms with Gasteiger partial charge in [-0.1, -0.05) is 88.7 Å². The average Bonchev–Trinajstić information content (AvgIpc) is 2.93. The highest BCUT2D eigenvalue weighted by Crippen LogP contribution is 2.21. The van der Waals surface area contributed by atoms with E-state index in [1.165, 1.54) is 33.4 Å². The zero-order valence-electron chi connectivity index (χ0n) is 19.9. The Hall–Kier alpha value is -4.07. The molecule has 0 atom stereocenters. The molecule has 0 unspecified atom stereocenters. The first-order chi connectivity index (χ1) is 17.7. The molecule has 5 rings (SSSR count). The van der Waals surface area contributed by atoms with E-state index in [9.17, 15) is 0 Å². The molecule has 0 saturated heterocycles. The average molecular weight is 532 g/mol. The summed E-state index contributed by atoms with van der Waals surface area (Å²) in [7, 11) is 0. The third kappa shape index (κ3) is 7.73. The van der Waals surface area contributed by atoms with Crippen molar-refractivity contribution in [3.05, 3.63) is 154 Å². The van der Waals surface area contributed by atoms with Crippen LogP contribution in [0.25, 0.3) is 11.1 Å². The van der Waals surface area contributed by atoms with Crippen molar-refractivity contribution in [2.45, 2.75) is 19.3 Å². The fraction of sp³-hybridized carbons (Fsp3) is 0.0938. The molecule has 2 heterocycles. The molecular weight excluding hydrogens is 506 g/mol. The third-order valence-corrected chi connectivity index (χ3v) is 6.23. The number of hydrogen-bond donors (Lipinski definition) is 0. The molecule has 0 aliphatic heterocycles. The Morgan fingerprint density at radius 3 is 1.42 bits per heavy atom. The van der Waals surface area contributed by atoms with E-state index >= 15 is 0 Å². The van der Waals surface area contributed by atoms with Crippen molar-refractivity contribution in [1.29, 1.82) is 5.26 Å². The summed E-state index contributed by atoms with van der Waals surface area (Å²) >= 11 is 3.42. The highest BCUT2D eigenvalue weighted by Gasteiger charge is 2.01. The number of rotatable bonds is 6. The summed E-state index contributed by atoms with van der Waals surface area (Å²) in [4.78, 5) is 8.24. The molecule has 176 valence electrons. The Kier molecular flexibility index (Phi) is 9.13. The van der Waals surface area contributed by atoms with Gasteiger partial charge in [0, 0.05) is 29.3 Å². The number of pyridine rings is 2. The quantitative estimate of drug-likeness (QED) is 0.224. The van der Waals surface area contributed by atoms with E-state index in [0.29, 0.717) is 6.42 Å². The normalized spacial score (nSPS) is 10.1. The van der Waals surface area contributed by atoms with Crippen molar-refractivity contribution >= 4 is 15.9 Å². The van der Waals surface area contributed by atoms with Gasteiger partial charge in [-0.25, -0.2) is 0 Å². The SMILES string of the molecule is Brc1ccc(Cc2cccnc2)cc1.N#CCc1ccc(-c2ccc(Cc3cccnc3)cc2)cc1. The molecule has 3 aromatic carbocycles. The van der Waals surface area contributed by atoms with E-state index in [1.807, 2.05) is 36.7 Å². The molecular formula is C32H26BrN3. The molecule has 36 heavy (non-hydrogen) atoms. The zero-order chi connectivity index (χ0) is 25.0. The minimum absolute atomic E-state index is 0.463. The lowest BCUT2D eigenvalue weighted by atomic mass is 10.00. The first-order valence-electron chi connectivity index (χ1n) is 11.8. The maximum atomic E-state index is 8.70. The summed E-state index contributed by atoms with van der Waals surface area (Å²) in [5.74, 6) is 0. The fourth-order valence-electron chi connectivity index (χ4n) is 3.80. The summed E-state index contributed by atoms with van der Waals surface area (Å²) in [5.41, 5.74) is 8.47. The van der Waals surface area contributed by atoms with Crippen LogP contribution in [0.2, 0.25) is 0 Å². The number of hydrogen-bond acceptors (Lipinski definition) is 3. The Morgan fingerprint density at radius 1 is 0.556 bits per heavy atom. The minimum atomic E-state index is 0.463. The number of aromatic nitrogens is 2. The van der Waals surface area contributed by atoms with Gasteiger partial charge in [0.15, 0.2) is 0 Å². The predicted octanol–water partition coefficient (Wildman–Crippen LogP) is 7.84. The lowest BCUT2D eigenvalue weighted by molar-refractivity contribution is 1.14. The van der Waals surface area contributed by atoms with E-state index in [2.05, 4.69) is 105 Å². The monoisotopic (exact) mass is 531 g/mol. The van der Waals surface area contributed by atoms with Crippen LogP contribution in [0.15, 0.2) is 126 Å². The van der Waals surface area contributed by atoms with E-state index in [4.69, 9.17) is 5.26 Å². The van der Waals surface area contributed by atoms with Crippen molar-refractivity contribution < 1.29 is 0 Å². The molecule has 0 spiro atoms. The van der Waals surface area contributed by atoms with Crippen LogP contribution in [-0.4, -0.2) is 9.97 Å². The van der Waals surface area contributed by atoms with Crippen molar-refractivity contribution in [2.75, 3.05) is 0 Å². The third-order valence-electron chi connectivity index (χ3n) is 5.70. The molecule has 0 amide bonds. The number of halogens is 1. The number of nitriles is 1. The highest BCUT2D eigenvalue weighted by atomic mass is 79.9. The Labute approximate surface area is 221 Å². The predicted molar refractivity (Wildman–Crippen MR) is 149 cm³/mol. The van der Waals surface area contributed by atoms with Crippen molar-refractivity contribution in [2.24, 2.45) is 0 Å². The maximum Gasteiger partial charge on any atom is 0.0669 e. The zero-order valence-corrected chi connectivity index (χ0v) is 21.5. The Bertz CT molecular complexity index is 1380. The van der Waals surface area contributed by atoms with Gasteiger partial charge < -0.3 is 0 Å². The number of benzene rings is 3. The first kappa shape index (κ1) is 25.0. The van der Waals surface area contributed by atoms with E-state index in [-0.39, 0.29) is 0 Å². The van der Waals surface area contributed by atoms with Crippen LogP contribution in [0.1, 0.15) is 27.8 Å². The van der Waals surface area contributed by atoms with Crippen LogP contribution < -0.4 is 0 Å². The van der Waals surface area contributed by atoms with Gasteiger partial charge >= 0.3 is 0 Å². The van der Waals surface area contributed by atoms with Crippen molar-refractivity contribution in [3.8, 4) is 17.2 Å². The molecule has 4 heteroatoms. The van der Waals surface area contributed by atoms with Crippen LogP contribution in [0.5, 0.6) is 0 Å². The molecule has 0 bridgehead atoms. The van der Waals surface area contributed by atoms with Gasteiger partial charge in [0.25, 0.3) is 0 Å². The molecule has 0 N–H and O–H groups in total. The molecule has 0 saturated carbocycles. The van der Waals surface area contributed by atoms with Gasteiger partial charge in [-0.2, -0.15) is 5.26 Å². The maximum absolute atomic E-state index is 8.70. The summed E-state index contributed by atoms with van der Waals surface area (Å²) in [5, 5.41) is 8.70. The Balaban J connectivity index is 0.000000187. The molecule has 2 aromatic heterocycles. The van der Waals surface area contributed by atoms with Gasteiger partial charge in [-0.3, -0.25) is 9.97 Å². The van der Waals surface area contributed by atoms with Crippen LogP contribution >= 0.6 is 15.9 Å². The Morgan fingerprint density at radius 2 is 1.00 bits per heavy atom. The summed E-state index contributed by atoms with van der Waals surface area (Å²) < 4.78 is 1.12. The topological polar surface area (TPSA) is 49.6 Å². The van der Waals surface area contributed by atoms with E-state index in [1.54, 1.807) is 12.4 Å². The van der Waals surface area contributed by atoms with Gasteiger partial charge in [-0.15, -0.1) is 0 Å². The molecule has 5 aromatic rings. The molecule has 0 aliphatic rings. The lowest BCUT2D eigenvalue weighted by Crippen LogP contribution is -1.89. The van der Waals surface area contributed by atoms with Crippen molar-refractivity contribution in [1.82, 2.24) is 9.97 Å². The second-order valence-electron chi connectivity index (χ2n) is 8.43. The van der Waals surface area contributed by atoms with Crippen LogP contribution in [0, 0.1) is 11.3 Å². The van der Waals surface area contributed by atoms with Gasteiger partial charge in [0.05, 0.1) is 12.5 Å². The summed E-state index contributed by atoms with van der Waals surface area (Å²) in [6.45, 7) is 0. The molecule has 0 radical (unpaired) electrons. The van der Waals surface area contributed by atoms with Gasteiger partial charge in [0.2, 0.25) is 0 Å². The van der Waals surface area contributed by atoms with E-state index in [0.717, 1.165) is 22.9 Å². The van der Waals surface area contributed by atoms with Crippen LogP contribution in [0.3, 0.4) is 0 Å². The number of nitrogens with zero attached hydrogens (tertiary/aromatic N) is 3. The van der Waals surface area contributed by atoms with Crippen molar-refractivity contribution in [3.63, 3.8) is 0 Å². The van der Waals surface area contributed by atoms with Crippen LogP contribution in [-0.2, 0) is 19.3 Å². The standard InChI is InChI=1S/C20H16N2.C12H10BrN/c21-12-11-16-3-7-19(8-4-16)20-9-5-17(6-10-20)14-18-2-1-13-22-15-18;13-12-5-3-10(4-6-12)8-11-2-1-7-14-9-11/h1-10,13,15H,11,14H2;1-7,9H,8H2. The van der Waals surface area contributed by atoms with Crippen LogP contribution in [0.4, 0.5) is 0 Å². The highest BCUT2D eigenvalue weighted by molar-refractivity contribution is 9.10. The molecule has 0 aliphatic carbocycles. The second-order valence-corrected chi connectivity index (χ2v) is 9.35. The molecule has 0 fully saturated rings. The first-order valence-corrected chi connectivity index (χ1v) is 12.6. The van der Waals surface area contributed by atoms with E-state index < -0.39 is 0 Å². The summed E-state index contributed by atoms with van der Waals surface area (Å²) in [6.07, 6.45) is 9.71. The second kappa shape index (κ2) is 13.1. The largest absolute Gasteiger partial charge is 0.264 e. The summed E-state index contributed by atoms with van der Waals surface area (Å²) in [6, 6.07) is 35.4. The fourth-order valence-corrected chi connectivity index (χ4v) is 4.06. The smallest absolute Gasteiger partial charge is 0.0669 e. The lowest BCUT2D eigenvalue weighted by Gasteiger charge is -2.05. The molecule has 3 nitrogen and oxygen atoms in total. The van der Waals surface area contributed by atoms with Gasteiger partial charge in [0.1, 0.15) is 0 Å². The minimum Gasteiger partial charge on any atom is -0.264 e. The van der Waals surface area contributed by atoms with Gasteiger partial charge in [-0.05, 0) is 76.1 Å².